The first kappa shape index (κ1) is 17.2. The fraction of sp³-hybridized carbons (Fsp3) is 0.240. The van der Waals surface area contributed by atoms with Crippen molar-refractivity contribution in [2.75, 3.05) is 13.1 Å². The number of H-pyrrole nitrogens is 1. The lowest BCUT2D eigenvalue weighted by atomic mass is 9.93. The summed E-state index contributed by atoms with van der Waals surface area (Å²) in [6, 6.07) is 19.5. The molecule has 1 aliphatic heterocycles. The minimum absolute atomic E-state index is 0.0171. The average Bonchev–Trinajstić information content (AvgIpc) is 2.70. The zero-order valence-corrected chi connectivity index (χ0v) is 16.2. The van der Waals surface area contributed by atoms with Crippen LogP contribution in [0.4, 0.5) is 0 Å². The van der Waals surface area contributed by atoms with Gasteiger partial charge in [0.2, 0.25) is 0 Å². The Morgan fingerprint density at radius 1 is 0.929 bits per heavy atom. The van der Waals surface area contributed by atoms with Crippen LogP contribution in [0.3, 0.4) is 0 Å². The molecular formula is C25H24N2O. The van der Waals surface area contributed by atoms with E-state index in [0.29, 0.717) is 0 Å². The molecule has 1 aromatic heterocycles. The van der Waals surface area contributed by atoms with Crippen LogP contribution in [0.25, 0.3) is 32.7 Å². The van der Waals surface area contributed by atoms with Crippen LogP contribution in [0, 0.1) is 0 Å². The lowest BCUT2D eigenvalue weighted by Crippen LogP contribution is -2.36. The number of rotatable bonds is 4. The van der Waals surface area contributed by atoms with Gasteiger partial charge in [-0.1, -0.05) is 43.3 Å². The Balaban J connectivity index is 1.73. The molecule has 1 fully saturated rings. The maximum absolute atomic E-state index is 12.7. The van der Waals surface area contributed by atoms with E-state index in [1.807, 2.05) is 6.07 Å². The number of hydrogen-bond acceptors (Lipinski definition) is 2. The van der Waals surface area contributed by atoms with Crippen LogP contribution in [0.2, 0.25) is 0 Å². The standard InChI is InChI=1S/C25H24N2O/c1-2-17-4-6-18(7-5-17)19-8-9-22-21(16-27-12-3-13-27)14-20-10-11-26-25(28)24(20)23(22)15-19/h4-11,14-15H,2-3,12-13,16H2,1H3,(H,26,28). The van der Waals surface area contributed by atoms with Crippen molar-refractivity contribution < 1.29 is 0 Å². The topological polar surface area (TPSA) is 36.1 Å². The van der Waals surface area contributed by atoms with Crippen molar-refractivity contribution in [1.29, 1.82) is 0 Å². The van der Waals surface area contributed by atoms with Crippen LogP contribution in [-0.2, 0) is 13.0 Å². The first-order valence-electron chi connectivity index (χ1n) is 10.1. The molecule has 0 spiro atoms. The molecule has 2 heterocycles. The zero-order valence-electron chi connectivity index (χ0n) is 16.2. The molecule has 0 saturated carbocycles. The van der Waals surface area contributed by atoms with E-state index < -0.39 is 0 Å². The zero-order chi connectivity index (χ0) is 19.1. The molecule has 3 nitrogen and oxygen atoms in total. The molecule has 1 N–H and O–H groups in total. The smallest absolute Gasteiger partial charge is 0.256 e. The van der Waals surface area contributed by atoms with Crippen molar-refractivity contribution in [3.05, 3.63) is 82.3 Å². The summed E-state index contributed by atoms with van der Waals surface area (Å²) in [6.07, 6.45) is 4.07. The van der Waals surface area contributed by atoms with Gasteiger partial charge < -0.3 is 4.98 Å². The Kier molecular flexibility index (Phi) is 4.25. The number of aryl methyl sites for hydroxylation is 1. The van der Waals surface area contributed by atoms with E-state index in [1.54, 1.807) is 6.20 Å². The van der Waals surface area contributed by atoms with Crippen molar-refractivity contribution in [2.45, 2.75) is 26.3 Å². The molecule has 3 heteroatoms. The first-order valence-corrected chi connectivity index (χ1v) is 10.1. The number of aromatic nitrogens is 1. The highest BCUT2D eigenvalue weighted by Gasteiger charge is 2.17. The van der Waals surface area contributed by atoms with Crippen molar-refractivity contribution in [3.8, 4) is 11.1 Å². The third-order valence-corrected chi connectivity index (χ3v) is 6.00. The van der Waals surface area contributed by atoms with Gasteiger partial charge in [0.1, 0.15) is 0 Å². The highest BCUT2D eigenvalue weighted by Crippen LogP contribution is 2.32. The molecule has 5 rings (SSSR count). The minimum atomic E-state index is -0.0171. The van der Waals surface area contributed by atoms with Gasteiger partial charge in [0.25, 0.3) is 5.56 Å². The number of nitrogens with zero attached hydrogens (tertiary/aromatic N) is 1. The minimum Gasteiger partial charge on any atom is -0.329 e. The summed E-state index contributed by atoms with van der Waals surface area (Å²) in [6.45, 7) is 5.44. The van der Waals surface area contributed by atoms with Gasteiger partial charge in [-0.05, 0) is 82.5 Å². The largest absolute Gasteiger partial charge is 0.329 e. The van der Waals surface area contributed by atoms with Gasteiger partial charge in [0.15, 0.2) is 0 Å². The molecule has 28 heavy (non-hydrogen) atoms. The highest BCUT2D eigenvalue weighted by molar-refractivity contribution is 6.09. The quantitative estimate of drug-likeness (QED) is 0.508. The Hall–Kier alpha value is -2.91. The number of aromatic amines is 1. The summed E-state index contributed by atoms with van der Waals surface area (Å²) >= 11 is 0. The Morgan fingerprint density at radius 2 is 1.71 bits per heavy atom. The number of likely N-dealkylation sites (tertiary alicyclic amines) is 1. The van der Waals surface area contributed by atoms with Gasteiger partial charge in [0, 0.05) is 12.7 Å². The predicted molar refractivity (Wildman–Crippen MR) is 117 cm³/mol. The van der Waals surface area contributed by atoms with Gasteiger partial charge in [-0.15, -0.1) is 0 Å². The molecule has 0 aliphatic carbocycles. The first-order chi connectivity index (χ1) is 13.7. The van der Waals surface area contributed by atoms with E-state index in [4.69, 9.17) is 0 Å². The van der Waals surface area contributed by atoms with E-state index in [-0.39, 0.29) is 5.56 Å². The fourth-order valence-corrected chi connectivity index (χ4v) is 4.21. The van der Waals surface area contributed by atoms with Crippen molar-refractivity contribution in [2.24, 2.45) is 0 Å². The highest BCUT2D eigenvalue weighted by atomic mass is 16.1. The molecule has 4 aromatic rings. The second kappa shape index (κ2) is 6.92. The monoisotopic (exact) mass is 368 g/mol. The van der Waals surface area contributed by atoms with Crippen molar-refractivity contribution in [3.63, 3.8) is 0 Å². The fourth-order valence-electron chi connectivity index (χ4n) is 4.21. The summed E-state index contributed by atoms with van der Waals surface area (Å²) in [5.41, 5.74) is 4.97. The molecule has 140 valence electrons. The average molecular weight is 368 g/mol. The van der Waals surface area contributed by atoms with E-state index in [1.165, 1.54) is 28.5 Å². The summed E-state index contributed by atoms with van der Waals surface area (Å²) in [5, 5.41) is 4.04. The van der Waals surface area contributed by atoms with Gasteiger partial charge in [0.05, 0.1) is 5.39 Å². The second-order valence-corrected chi connectivity index (χ2v) is 7.75. The Labute approximate surface area is 164 Å². The summed E-state index contributed by atoms with van der Waals surface area (Å²) in [5.74, 6) is 0. The van der Waals surface area contributed by atoms with Gasteiger partial charge >= 0.3 is 0 Å². The lowest BCUT2D eigenvalue weighted by Gasteiger charge is -2.31. The van der Waals surface area contributed by atoms with Crippen LogP contribution in [-0.4, -0.2) is 23.0 Å². The van der Waals surface area contributed by atoms with Gasteiger partial charge in [-0.3, -0.25) is 9.69 Å². The van der Waals surface area contributed by atoms with Crippen LogP contribution < -0.4 is 5.56 Å². The molecular weight excluding hydrogens is 344 g/mol. The SMILES string of the molecule is CCc1ccc(-c2ccc3c(CN4CCC4)cc4cc[nH]c(=O)c4c3c2)cc1. The molecule has 0 bridgehead atoms. The molecule has 0 atom stereocenters. The third kappa shape index (κ3) is 2.92. The molecule has 0 amide bonds. The predicted octanol–water partition coefficient (Wildman–Crippen LogP) is 5.12. The number of benzene rings is 3. The molecule has 0 unspecified atom stereocenters. The maximum Gasteiger partial charge on any atom is 0.256 e. The molecule has 1 aliphatic rings. The van der Waals surface area contributed by atoms with Gasteiger partial charge in [-0.25, -0.2) is 0 Å². The van der Waals surface area contributed by atoms with Crippen LogP contribution in [0.15, 0.2) is 65.6 Å². The van der Waals surface area contributed by atoms with Crippen LogP contribution >= 0.6 is 0 Å². The third-order valence-electron chi connectivity index (χ3n) is 6.00. The van der Waals surface area contributed by atoms with E-state index >= 15 is 0 Å². The summed E-state index contributed by atoms with van der Waals surface area (Å²) < 4.78 is 0. The Morgan fingerprint density at radius 3 is 2.43 bits per heavy atom. The number of hydrogen-bond donors (Lipinski definition) is 1. The maximum atomic E-state index is 12.7. The molecule has 1 saturated heterocycles. The normalized spacial score (nSPS) is 14.5. The number of pyridine rings is 1. The van der Waals surface area contributed by atoms with E-state index in [9.17, 15) is 4.79 Å². The van der Waals surface area contributed by atoms with Crippen LogP contribution in [0.1, 0.15) is 24.5 Å². The van der Waals surface area contributed by atoms with Crippen LogP contribution in [0.5, 0.6) is 0 Å². The second-order valence-electron chi connectivity index (χ2n) is 7.75. The van der Waals surface area contributed by atoms with Crippen molar-refractivity contribution >= 4 is 21.5 Å². The Bertz CT molecular complexity index is 1220. The summed E-state index contributed by atoms with van der Waals surface area (Å²) in [4.78, 5) is 18.0. The van der Waals surface area contributed by atoms with Gasteiger partial charge in [-0.2, -0.15) is 0 Å². The van der Waals surface area contributed by atoms with Crippen molar-refractivity contribution in [1.82, 2.24) is 9.88 Å². The number of nitrogens with one attached hydrogen (secondary N) is 1. The van der Waals surface area contributed by atoms with E-state index in [0.717, 1.165) is 47.8 Å². The summed E-state index contributed by atoms with van der Waals surface area (Å²) in [7, 11) is 0. The molecule has 0 radical (unpaired) electrons. The lowest BCUT2D eigenvalue weighted by molar-refractivity contribution is 0.173. The molecule has 3 aromatic carbocycles. The van der Waals surface area contributed by atoms with E-state index in [2.05, 4.69) is 65.3 Å². The number of fused-ring (bicyclic) bond motifs is 3.